The van der Waals surface area contributed by atoms with Gasteiger partial charge in [0.25, 0.3) is 5.56 Å². The van der Waals surface area contributed by atoms with Gasteiger partial charge >= 0.3 is 5.97 Å². The highest BCUT2D eigenvalue weighted by Gasteiger charge is 2.30. The second-order valence-corrected chi connectivity index (χ2v) is 4.31. The Morgan fingerprint density at radius 1 is 1.60 bits per heavy atom. The van der Waals surface area contributed by atoms with Crippen LogP contribution >= 0.6 is 11.8 Å². The van der Waals surface area contributed by atoms with Crippen molar-refractivity contribution in [3.63, 3.8) is 0 Å². The predicted octanol–water partition coefficient (Wildman–Crippen LogP) is 0.0759. The molecule has 0 saturated heterocycles. The second-order valence-electron chi connectivity index (χ2n) is 3.00. The van der Waals surface area contributed by atoms with Gasteiger partial charge in [-0.25, -0.2) is 14.3 Å². The molecule has 1 aromatic heterocycles. The second kappa shape index (κ2) is 3.20. The number of carbonyl (C=O) groups excluding carboxylic acids is 1. The molecule has 0 amide bonds. The summed E-state index contributed by atoms with van der Waals surface area (Å²) in [5, 5.41) is 8.42. The van der Waals surface area contributed by atoms with Crippen molar-refractivity contribution in [1.82, 2.24) is 9.55 Å². The van der Waals surface area contributed by atoms with Gasteiger partial charge in [-0.05, 0) is 6.92 Å². The summed E-state index contributed by atoms with van der Waals surface area (Å²) in [6, 6.07) is 0.850. The van der Waals surface area contributed by atoms with Crippen molar-refractivity contribution < 1.29 is 14.7 Å². The minimum Gasteiger partial charge on any atom is -0.477 e. The first kappa shape index (κ1) is 9.91. The number of carboxylic acid groups (broad SMARTS) is 1. The van der Waals surface area contributed by atoms with Gasteiger partial charge in [-0.2, -0.15) is 0 Å². The van der Waals surface area contributed by atoms with E-state index in [4.69, 9.17) is 5.11 Å². The first-order valence-electron chi connectivity index (χ1n) is 4.09. The molecular formula is C8H6N2O4S. The zero-order chi connectivity index (χ0) is 11.2. The molecule has 1 aromatic rings. The molecule has 6 nitrogen and oxygen atoms in total. The van der Waals surface area contributed by atoms with Crippen molar-refractivity contribution in [2.24, 2.45) is 0 Å². The number of carboxylic acids is 1. The van der Waals surface area contributed by atoms with Crippen LogP contribution in [0.25, 0.3) is 0 Å². The molecule has 15 heavy (non-hydrogen) atoms. The van der Waals surface area contributed by atoms with Gasteiger partial charge in [-0.1, -0.05) is 11.8 Å². The molecule has 0 bridgehead atoms. The quantitative estimate of drug-likeness (QED) is 0.682. The van der Waals surface area contributed by atoms with E-state index in [1.165, 1.54) is 0 Å². The Morgan fingerprint density at radius 2 is 2.27 bits per heavy atom. The van der Waals surface area contributed by atoms with Crippen LogP contribution in [0.4, 0.5) is 0 Å². The summed E-state index contributed by atoms with van der Waals surface area (Å²) in [4.78, 5) is 37.2. The van der Waals surface area contributed by atoms with Crippen LogP contribution in [0.2, 0.25) is 0 Å². The molecule has 0 fully saturated rings. The van der Waals surface area contributed by atoms with E-state index >= 15 is 0 Å². The highest BCUT2D eigenvalue weighted by atomic mass is 32.2. The molecule has 7 heteroatoms. The Hall–Kier alpha value is -1.63. The maximum Gasteiger partial charge on any atom is 0.354 e. The zero-order valence-corrected chi connectivity index (χ0v) is 8.45. The van der Waals surface area contributed by atoms with Crippen molar-refractivity contribution in [3.05, 3.63) is 22.1 Å². The van der Waals surface area contributed by atoms with Gasteiger partial charge in [0.1, 0.15) is 0 Å². The third-order valence-electron chi connectivity index (χ3n) is 1.96. The van der Waals surface area contributed by atoms with Gasteiger partial charge in [-0.15, -0.1) is 0 Å². The molecule has 1 N–H and O–H groups in total. The van der Waals surface area contributed by atoms with Gasteiger partial charge in [0.05, 0.1) is 5.25 Å². The van der Waals surface area contributed by atoms with E-state index in [0.717, 1.165) is 22.4 Å². The Morgan fingerprint density at radius 3 is 2.87 bits per heavy atom. The van der Waals surface area contributed by atoms with Crippen molar-refractivity contribution >= 4 is 23.6 Å². The lowest BCUT2D eigenvalue weighted by Gasteiger charge is -1.99. The monoisotopic (exact) mass is 226 g/mol. The fourth-order valence-electron chi connectivity index (χ4n) is 1.24. The molecule has 2 rings (SSSR count). The third kappa shape index (κ3) is 1.44. The van der Waals surface area contributed by atoms with Gasteiger partial charge in [-0.3, -0.25) is 9.59 Å². The summed E-state index contributed by atoms with van der Waals surface area (Å²) in [5.41, 5.74) is -0.972. The number of fused-ring (bicyclic) bond motifs is 1. The molecule has 0 aliphatic carbocycles. The molecule has 0 saturated carbocycles. The predicted molar refractivity (Wildman–Crippen MR) is 51.4 cm³/mol. The van der Waals surface area contributed by atoms with E-state index in [1.807, 2.05) is 0 Å². The molecular weight excluding hydrogens is 220 g/mol. The van der Waals surface area contributed by atoms with E-state index in [9.17, 15) is 14.4 Å². The van der Waals surface area contributed by atoms with Gasteiger partial charge in [0.15, 0.2) is 10.9 Å². The van der Waals surface area contributed by atoms with Crippen LogP contribution in [0, 0.1) is 0 Å². The van der Waals surface area contributed by atoms with Crippen LogP contribution < -0.4 is 5.56 Å². The number of thioether (sulfide) groups is 1. The maximum atomic E-state index is 11.5. The first-order valence-corrected chi connectivity index (χ1v) is 4.97. The highest BCUT2D eigenvalue weighted by Crippen LogP contribution is 2.28. The number of aromatic nitrogens is 2. The minimum atomic E-state index is -1.27. The standard InChI is InChI=1S/C8H6N2O4S/c1-3-6(12)10-5(11)2-4(7(13)14)9-8(10)15-3/h2-3H,1H3,(H,13,14). The van der Waals surface area contributed by atoms with Crippen LogP contribution in [0.3, 0.4) is 0 Å². The van der Waals surface area contributed by atoms with E-state index in [1.54, 1.807) is 6.92 Å². The number of nitrogens with zero attached hydrogens (tertiary/aromatic N) is 2. The normalized spacial score (nSPS) is 19.0. The average molecular weight is 226 g/mol. The van der Waals surface area contributed by atoms with E-state index in [0.29, 0.717) is 0 Å². The lowest BCUT2D eigenvalue weighted by Crippen LogP contribution is -2.28. The van der Waals surface area contributed by atoms with E-state index in [2.05, 4.69) is 4.98 Å². The molecule has 1 unspecified atom stereocenters. The van der Waals surface area contributed by atoms with E-state index in [-0.39, 0.29) is 16.8 Å². The molecule has 1 atom stereocenters. The van der Waals surface area contributed by atoms with Crippen molar-refractivity contribution in [2.75, 3.05) is 0 Å². The topological polar surface area (TPSA) is 89.3 Å². The fourth-order valence-corrected chi connectivity index (χ4v) is 2.20. The number of hydrogen-bond acceptors (Lipinski definition) is 5. The summed E-state index contributed by atoms with van der Waals surface area (Å²) in [6.07, 6.45) is 0. The fraction of sp³-hybridized carbons (Fsp3) is 0.250. The minimum absolute atomic E-state index is 0.150. The number of hydrogen-bond donors (Lipinski definition) is 1. The van der Waals surface area contributed by atoms with Crippen molar-refractivity contribution in [1.29, 1.82) is 0 Å². The smallest absolute Gasteiger partial charge is 0.354 e. The summed E-state index contributed by atoms with van der Waals surface area (Å²) in [7, 11) is 0. The Kier molecular flexibility index (Phi) is 2.11. The Balaban J connectivity index is 2.66. The van der Waals surface area contributed by atoms with Crippen LogP contribution in [-0.4, -0.2) is 31.8 Å². The molecule has 0 aromatic carbocycles. The summed E-state index contributed by atoms with van der Waals surface area (Å²) >= 11 is 1.08. The molecule has 1 aliphatic heterocycles. The molecule has 0 radical (unpaired) electrons. The number of aromatic carboxylic acids is 1. The van der Waals surface area contributed by atoms with Crippen LogP contribution in [0.1, 0.15) is 22.2 Å². The van der Waals surface area contributed by atoms with Crippen molar-refractivity contribution in [2.45, 2.75) is 17.3 Å². The average Bonchev–Trinajstić information content (AvgIpc) is 2.42. The number of rotatable bonds is 1. The lowest BCUT2D eigenvalue weighted by molar-refractivity contribution is 0.0686. The molecule has 0 spiro atoms. The summed E-state index contributed by atoms with van der Waals surface area (Å²) in [6.45, 7) is 1.64. The van der Waals surface area contributed by atoms with Gasteiger partial charge in [0.2, 0.25) is 5.91 Å². The van der Waals surface area contributed by atoms with Crippen LogP contribution in [0.15, 0.2) is 16.0 Å². The summed E-state index contributed by atoms with van der Waals surface area (Å²) in [5.74, 6) is -1.63. The van der Waals surface area contributed by atoms with Crippen LogP contribution in [0.5, 0.6) is 0 Å². The lowest BCUT2D eigenvalue weighted by atomic mass is 10.4. The van der Waals surface area contributed by atoms with E-state index < -0.39 is 16.8 Å². The highest BCUT2D eigenvalue weighted by molar-refractivity contribution is 8.00. The molecule has 1 aliphatic rings. The first-order chi connectivity index (χ1) is 7.00. The largest absolute Gasteiger partial charge is 0.477 e. The molecule has 78 valence electrons. The van der Waals surface area contributed by atoms with Crippen molar-refractivity contribution in [3.8, 4) is 0 Å². The maximum absolute atomic E-state index is 11.5. The molecule has 2 heterocycles. The number of carbonyl (C=O) groups is 2. The van der Waals surface area contributed by atoms with Gasteiger partial charge < -0.3 is 5.11 Å². The zero-order valence-electron chi connectivity index (χ0n) is 7.63. The summed E-state index contributed by atoms with van der Waals surface area (Å²) < 4.78 is 0.905. The van der Waals surface area contributed by atoms with Crippen LogP contribution in [-0.2, 0) is 0 Å². The SMILES string of the molecule is CC1Sc2nc(C(=O)O)cc(=O)n2C1=O. The van der Waals surface area contributed by atoms with Gasteiger partial charge in [0, 0.05) is 6.07 Å². The Labute approximate surface area is 87.9 Å². The Bertz CT molecular complexity index is 522. The third-order valence-corrected chi connectivity index (χ3v) is 3.00.